The quantitative estimate of drug-likeness (QED) is 0.757. The van der Waals surface area contributed by atoms with Gasteiger partial charge in [0.25, 0.3) is 5.91 Å². The van der Waals surface area contributed by atoms with Crippen LogP contribution in [0.5, 0.6) is 5.75 Å². The minimum Gasteiger partial charge on any atom is -0.489 e. The topological polar surface area (TPSA) is 64.6 Å². The van der Waals surface area contributed by atoms with Crippen molar-refractivity contribution < 1.29 is 19.1 Å². The Morgan fingerprint density at radius 1 is 1.00 bits per heavy atom. The average molecular weight is 327 g/mol. The number of carbonyl (C=O) groups excluding carboxylic acids is 2. The van der Waals surface area contributed by atoms with Crippen molar-refractivity contribution in [3.63, 3.8) is 0 Å². The summed E-state index contributed by atoms with van der Waals surface area (Å²) in [6.45, 7) is 2.68. The molecule has 5 nitrogen and oxygen atoms in total. The highest BCUT2D eigenvalue weighted by atomic mass is 16.5. The molecular formula is C19H21NO4. The van der Waals surface area contributed by atoms with Crippen molar-refractivity contribution in [2.24, 2.45) is 0 Å². The summed E-state index contributed by atoms with van der Waals surface area (Å²) < 4.78 is 10.6. The molecule has 2 aromatic carbocycles. The number of hydrogen-bond donors (Lipinski definition) is 1. The lowest BCUT2D eigenvalue weighted by Gasteiger charge is -2.08. The van der Waals surface area contributed by atoms with Crippen LogP contribution in [0, 0.1) is 0 Å². The summed E-state index contributed by atoms with van der Waals surface area (Å²) in [7, 11) is 0. The van der Waals surface area contributed by atoms with Crippen LogP contribution in [0.4, 0.5) is 0 Å². The molecule has 0 bridgehead atoms. The number of esters is 1. The van der Waals surface area contributed by atoms with E-state index in [2.05, 4.69) is 5.32 Å². The zero-order chi connectivity index (χ0) is 17.2. The Hall–Kier alpha value is -2.82. The molecule has 0 spiro atoms. The van der Waals surface area contributed by atoms with E-state index in [1.54, 1.807) is 24.3 Å². The molecule has 0 aliphatic rings. The molecule has 0 saturated carbocycles. The van der Waals surface area contributed by atoms with Crippen LogP contribution >= 0.6 is 0 Å². The van der Waals surface area contributed by atoms with Crippen LogP contribution in [0.25, 0.3) is 0 Å². The van der Waals surface area contributed by atoms with Crippen molar-refractivity contribution in [3.8, 4) is 5.75 Å². The van der Waals surface area contributed by atoms with Crippen LogP contribution in [0.1, 0.15) is 29.3 Å². The Morgan fingerprint density at radius 2 is 1.71 bits per heavy atom. The molecule has 0 aliphatic heterocycles. The Bertz CT molecular complexity index is 653. The van der Waals surface area contributed by atoms with Crippen LogP contribution in [0.15, 0.2) is 54.6 Å². The van der Waals surface area contributed by atoms with Crippen molar-refractivity contribution in [2.45, 2.75) is 20.0 Å². The van der Waals surface area contributed by atoms with Crippen LogP contribution < -0.4 is 10.1 Å². The lowest BCUT2D eigenvalue weighted by molar-refractivity contribution is -0.124. The van der Waals surface area contributed by atoms with Gasteiger partial charge in [-0.3, -0.25) is 4.79 Å². The number of rotatable bonds is 8. The fourth-order valence-corrected chi connectivity index (χ4v) is 1.95. The number of hydrogen-bond acceptors (Lipinski definition) is 4. The van der Waals surface area contributed by atoms with Crippen LogP contribution in [0.2, 0.25) is 0 Å². The predicted octanol–water partition coefficient (Wildman–Crippen LogP) is 2.95. The van der Waals surface area contributed by atoms with Gasteiger partial charge >= 0.3 is 5.97 Å². The van der Waals surface area contributed by atoms with Crippen molar-refractivity contribution >= 4 is 11.9 Å². The first-order valence-corrected chi connectivity index (χ1v) is 7.89. The molecule has 0 aliphatic carbocycles. The number of para-hydroxylation sites is 1. The van der Waals surface area contributed by atoms with Crippen LogP contribution in [-0.2, 0) is 16.1 Å². The summed E-state index contributed by atoms with van der Waals surface area (Å²) in [4.78, 5) is 23.3. The van der Waals surface area contributed by atoms with Gasteiger partial charge in [-0.2, -0.15) is 0 Å². The Balaban J connectivity index is 1.80. The minimum absolute atomic E-state index is 0.266. The normalized spacial score (nSPS) is 10.0. The SMILES string of the molecule is CCCNC(=O)COC(=O)c1ccc(COc2ccccc2)cc1. The van der Waals surface area contributed by atoms with Gasteiger partial charge < -0.3 is 14.8 Å². The minimum atomic E-state index is -0.517. The molecule has 0 saturated heterocycles. The fourth-order valence-electron chi connectivity index (χ4n) is 1.95. The van der Waals surface area contributed by atoms with Gasteiger partial charge in [0.2, 0.25) is 0 Å². The maximum Gasteiger partial charge on any atom is 0.338 e. The number of benzene rings is 2. The lowest BCUT2D eigenvalue weighted by atomic mass is 10.1. The van der Waals surface area contributed by atoms with Crippen LogP contribution in [-0.4, -0.2) is 25.0 Å². The Labute approximate surface area is 141 Å². The molecule has 0 atom stereocenters. The molecular weight excluding hydrogens is 306 g/mol. The number of amides is 1. The summed E-state index contributed by atoms with van der Waals surface area (Å²) in [5.41, 5.74) is 1.35. The average Bonchev–Trinajstić information content (AvgIpc) is 2.64. The van der Waals surface area contributed by atoms with Crippen molar-refractivity contribution in [3.05, 3.63) is 65.7 Å². The zero-order valence-electron chi connectivity index (χ0n) is 13.7. The van der Waals surface area contributed by atoms with Gasteiger partial charge in [0.15, 0.2) is 6.61 Å². The second kappa shape index (κ2) is 9.35. The number of carbonyl (C=O) groups is 2. The lowest BCUT2D eigenvalue weighted by Crippen LogP contribution is -2.29. The molecule has 0 fully saturated rings. The van der Waals surface area contributed by atoms with E-state index < -0.39 is 5.97 Å². The molecule has 0 heterocycles. The van der Waals surface area contributed by atoms with E-state index in [1.807, 2.05) is 37.3 Å². The first-order chi connectivity index (χ1) is 11.7. The van der Waals surface area contributed by atoms with E-state index in [4.69, 9.17) is 9.47 Å². The van der Waals surface area contributed by atoms with Gasteiger partial charge in [0.1, 0.15) is 12.4 Å². The highest BCUT2D eigenvalue weighted by Crippen LogP contribution is 2.12. The molecule has 5 heteroatoms. The number of ether oxygens (including phenoxy) is 2. The van der Waals surface area contributed by atoms with E-state index in [0.29, 0.717) is 18.7 Å². The largest absolute Gasteiger partial charge is 0.489 e. The van der Waals surface area contributed by atoms with Crippen LogP contribution in [0.3, 0.4) is 0 Å². The van der Waals surface area contributed by atoms with E-state index in [-0.39, 0.29) is 12.5 Å². The summed E-state index contributed by atoms with van der Waals surface area (Å²) in [6.07, 6.45) is 0.839. The predicted molar refractivity (Wildman–Crippen MR) is 90.8 cm³/mol. The third kappa shape index (κ3) is 5.76. The highest BCUT2D eigenvalue weighted by Gasteiger charge is 2.09. The van der Waals surface area contributed by atoms with E-state index in [0.717, 1.165) is 17.7 Å². The second-order valence-corrected chi connectivity index (χ2v) is 5.22. The van der Waals surface area contributed by atoms with E-state index in [1.165, 1.54) is 0 Å². The third-order valence-electron chi connectivity index (χ3n) is 3.24. The molecule has 24 heavy (non-hydrogen) atoms. The monoisotopic (exact) mass is 327 g/mol. The standard InChI is InChI=1S/C19H21NO4/c1-2-12-20-18(21)14-24-19(22)16-10-8-15(9-11-16)13-23-17-6-4-3-5-7-17/h3-11H,2,12-14H2,1H3,(H,20,21). The maximum absolute atomic E-state index is 11.9. The molecule has 0 radical (unpaired) electrons. The summed E-state index contributed by atoms with van der Waals surface area (Å²) in [5.74, 6) is -0.0191. The van der Waals surface area contributed by atoms with Crippen molar-refractivity contribution in [1.82, 2.24) is 5.32 Å². The van der Waals surface area contributed by atoms with Gasteiger partial charge in [0, 0.05) is 6.54 Å². The van der Waals surface area contributed by atoms with E-state index >= 15 is 0 Å². The van der Waals surface area contributed by atoms with Crippen molar-refractivity contribution in [2.75, 3.05) is 13.2 Å². The van der Waals surface area contributed by atoms with Gasteiger partial charge in [-0.15, -0.1) is 0 Å². The summed E-state index contributed by atoms with van der Waals surface area (Å²) >= 11 is 0. The summed E-state index contributed by atoms with van der Waals surface area (Å²) in [5, 5.41) is 2.65. The first kappa shape index (κ1) is 17.5. The van der Waals surface area contributed by atoms with Gasteiger partial charge in [0.05, 0.1) is 5.56 Å². The molecule has 2 aromatic rings. The molecule has 0 unspecified atom stereocenters. The smallest absolute Gasteiger partial charge is 0.338 e. The molecule has 1 amide bonds. The van der Waals surface area contributed by atoms with Crippen molar-refractivity contribution in [1.29, 1.82) is 0 Å². The maximum atomic E-state index is 11.9. The van der Waals surface area contributed by atoms with E-state index in [9.17, 15) is 9.59 Å². The number of nitrogens with one attached hydrogen (secondary N) is 1. The fraction of sp³-hybridized carbons (Fsp3) is 0.263. The highest BCUT2D eigenvalue weighted by molar-refractivity contribution is 5.91. The first-order valence-electron chi connectivity index (χ1n) is 7.89. The Kier molecular flexibility index (Phi) is 6.83. The van der Waals surface area contributed by atoms with Gasteiger partial charge in [-0.05, 0) is 36.2 Å². The molecule has 1 N–H and O–H groups in total. The molecule has 0 aromatic heterocycles. The third-order valence-corrected chi connectivity index (χ3v) is 3.24. The zero-order valence-corrected chi connectivity index (χ0v) is 13.7. The van der Waals surface area contributed by atoms with Gasteiger partial charge in [-0.1, -0.05) is 37.3 Å². The summed E-state index contributed by atoms with van der Waals surface area (Å²) in [6, 6.07) is 16.4. The second-order valence-electron chi connectivity index (χ2n) is 5.22. The molecule has 2 rings (SSSR count). The molecule has 126 valence electrons. The Morgan fingerprint density at radius 3 is 2.38 bits per heavy atom. The van der Waals surface area contributed by atoms with Gasteiger partial charge in [-0.25, -0.2) is 4.79 Å².